The van der Waals surface area contributed by atoms with Gasteiger partial charge in [-0.05, 0) is 48.6 Å². The molecule has 150 valence electrons. The molecule has 0 saturated heterocycles. The summed E-state index contributed by atoms with van der Waals surface area (Å²) in [6.45, 7) is 1.28. The largest absolute Gasteiger partial charge is 0.416 e. The number of carbonyl (C=O) groups excluding carboxylic acids is 1. The van der Waals surface area contributed by atoms with Crippen molar-refractivity contribution in [2.24, 2.45) is 0 Å². The lowest BCUT2D eigenvalue weighted by Crippen LogP contribution is -2.38. The number of benzene rings is 2. The zero-order valence-corrected chi connectivity index (χ0v) is 16.9. The molecule has 0 fully saturated rings. The van der Waals surface area contributed by atoms with E-state index in [9.17, 15) is 18.0 Å². The first-order valence-electron chi connectivity index (χ1n) is 7.72. The summed E-state index contributed by atoms with van der Waals surface area (Å²) in [4.78, 5) is 11.3. The molecule has 0 aromatic heterocycles. The molecule has 2 aromatic carbocycles. The van der Waals surface area contributed by atoms with Gasteiger partial charge in [-0.2, -0.15) is 13.2 Å². The van der Waals surface area contributed by atoms with Crippen LogP contribution in [0.3, 0.4) is 0 Å². The minimum absolute atomic E-state index is 0.0130. The van der Waals surface area contributed by atoms with Crippen LogP contribution in [0.1, 0.15) is 12.5 Å². The van der Waals surface area contributed by atoms with E-state index in [1.807, 2.05) is 0 Å². The van der Waals surface area contributed by atoms with Crippen molar-refractivity contribution in [2.45, 2.75) is 13.1 Å². The summed E-state index contributed by atoms with van der Waals surface area (Å²) in [5.41, 5.74) is 2.27. The number of amides is 1. The van der Waals surface area contributed by atoms with E-state index in [2.05, 4.69) is 16.1 Å². The molecule has 3 N–H and O–H groups in total. The van der Waals surface area contributed by atoms with E-state index in [4.69, 9.17) is 35.4 Å². The van der Waals surface area contributed by atoms with E-state index in [0.29, 0.717) is 15.7 Å². The van der Waals surface area contributed by atoms with E-state index in [0.717, 1.165) is 12.1 Å². The average Bonchev–Trinajstić information content (AvgIpc) is 2.56. The van der Waals surface area contributed by atoms with Gasteiger partial charge in [-0.3, -0.25) is 15.2 Å². The third kappa shape index (κ3) is 5.88. The lowest BCUT2D eigenvalue weighted by atomic mass is 10.1. The lowest BCUT2D eigenvalue weighted by molar-refractivity contribution is -0.137. The number of nitrogens with one attached hydrogen (secondary N) is 3. The highest BCUT2D eigenvalue weighted by Crippen LogP contribution is 2.35. The zero-order valence-electron chi connectivity index (χ0n) is 14.6. The molecule has 0 atom stereocenters. The number of hydrogen-bond donors (Lipinski definition) is 3. The van der Waals surface area contributed by atoms with Crippen LogP contribution >= 0.6 is 35.4 Å². The quantitative estimate of drug-likeness (QED) is 0.435. The van der Waals surface area contributed by atoms with Crippen molar-refractivity contribution in [3.63, 3.8) is 0 Å². The van der Waals surface area contributed by atoms with Gasteiger partial charge in [-0.15, -0.1) is 0 Å². The van der Waals surface area contributed by atoms with Crippen molar-refractivity contribution in [1.29, 1.82) is 0 Å². The number of halogens is 5. The number of alkyl halides is 3. The number of hydrogen-bond acceptors (Lipinski definition) is 3. The molecular weight excluding hydrogens is 436 g/mol. The van der Waals surface area contributed by atoms with Crippen LogP contribution in [0.25, 0.3) is 0 Å². The van der Waals surface area contributed by atoms with E-state index >= 15 is 0 Å². The van der Waals surface area contributed by atoms with Crippen LogP contribution in [0, 0.1) is 0 Å². The SMILES string of the molecule is CC(=O)NN(C)c1ccc(C(F)(F)F)cc1NC(=S)Nc1cc(Cl)ccc1Cl. The first kappa shape index (κ1) is 22.1. The van der Waals surface area contributed by atoms with Crippen LogP contribution in [0.5, 0.6) is 0 Å². The minimum atomic E-state index is -4.55. The second kappa shape index (κ2) is 8.85. The fraction of sp³-hybridized carbons (Fsp3) is 0.176. The predicted molar refractivity (Wildman–Crippen MR) is 110 cm³/mol. The maximum absolute atomic E-state index is 13.1. The fourth-order valence-corrected chi connectivity index (χ4v) is 2.83. The highest BCUT2D eigenvalue weighted by atomic mass is 35.5. The van der Waals surface area contributed by atoms with E-state index in [1.165, 1.54) is 31.1 Å². The van der Waals surface area contributed by atoms with Gasteiger partial charge in [0.1, 0.15) is 0 Å². The van der Waals surface area contributed by atoms with Gasteiger partial charge in [0.05, 0.1) is 27.6 Å². The van der Waals surface area contributed by atoms with Gasteiger partial charge in [-0.25, -0.2) is 0 Å². The van der Waals surface area contributed by atoms with Gasteiger partial charge in [0.15, 0.2) is 5.11 Å². The monoisotopic (exact) mass is 450 g/mol. The number of thiocarbonyl (C=S) groups is 1. The molecule has 0 heterocycles. The highest BCUT2D eigenvalue weighted by Gasteiger charge is 2.31. The first-order chi connectivity index (χ1) is 13.0. The Balaban J connectivity index is 2.33. The van der Waals surface area contributed by atoms with Crippen LogP contribution in [0.4, 0.5) is 30.2 Å². The molecule has 0 unspecified atom stereocenters. The summed E-state index contributed by atoms with van der Waals surface area (Å²) in [6.07, 6.45) is -4.55. The minimum Gasteiger partial charge on any atom is -0.331 e. The molecule has 0 aliphatic heterocycles. The zero-order chi connectivity index (χ0) is 21.1. The molecule has 1 amide bonds. The third-order valence-corrected chi connectivity index (χ3v) is 4.20. The highest BCUT2D eigenvalue weighted by molar-refractivity contribution is 7.80. The number of carbonyl (C=O) groups is 1. The predicted octanol–water partition coefficient (Wildman–Crippen LogP) is 5.31. The molecule has 0 spiro atoms. The smallest absolute Gasteiger partial charge is 0.331 e. The Kier molecular flexibility index (Phi) is 6.97. The normalized spacial score (nSPS) is 11.0. The summed E-state index contributed by atoms with van der Waals surface area (Å²) in [7, 11) is 1.49. The Morgan fingerprint density at radius 3 is 2.32 bits per heavy atom. The van der Waals surface area contributed by atoms with Crippen molar-refractivity contribution >= 4 is 63.5 Å². The van der Waals surface area contributed by atoms with Gasteiger partial charge in [0.25, 0.3) is 0 Å². The van der Waals surface area contributed by atoms with E-state index in [1.54, 1.807) is 12.1 Å². The molecule has 0 bridgehead atoms. The molecule has 28 heavy (non-hydrogen) atoms. The third-order valence-electron chi connectivity index (χ3n) is 3.44. The summed E-state index contributed by atoms with van der Waals surface area (Å²) in [5, 5.41) is 7.47. The molecule has 0 aliphatic carbocycles. The summed E-state index contributed by atoms with van der Waals surface area (Å²) >= 11 is 17.1. The molecule has 0 aliphatic rings. The lowest BCUT2D eigenvalue weighted by Gasteiger charge is -2.24. The van der Waals surface area contributed by atoms with Crippen LogP contribution in [0.2, 0.25) is 10.0 Å². The molecular formula is C17H15Cl2F3N4OS. The van der Waals surface area contributed by atoms with Gasteiger partial charge in [-0.1, -0.05) is 23.2 Å². The number of anilines is 3. The van der Waals surface area contributed by atoms with Crippen LogP contribution in [-0.4, -0.2) is 18.1 Å². The molecule has 2 rings (SSSR count). The van der Waals surface area contributed by atoms with Crippen molar-refractivity contribution in [1.82, 2.24) is 5.43 Å². The van der Waals surface area contributed by atoms with Crippen molar-refractivity contribution in [3.05, 3.63) is 52.0 Å². The van der Waals surface area contributed by atoms with Crippen molar-refractivity contribution in [3.8, 4) is 0 Å². The van der Waals surface area contributed by atoms with E-state index in [-0.39, 0.29) is 22.4 Å². The summed E-state index contributed by atoms with van der Waals surface area (Å²) in [6, 6.07) is 7.67. The maximum atomic E-state index is 13.1. The van der Waals surface area contributed by atoms with Crippen molar-refractivity contribution in [2.75, 3.05) is 22.7 Å². The van der Waals surface area contributed by atoms with Crippen LogP contribution in [0.15, 0.2) is 36.4 Å². The first-order valence-corrected chi connectivity index (χ1v) is 8.89. The van der Waals surface area contributed by atoms with Gasteiger partial charge in [0.2, 0.25) is 5.91 Å². The number of nitrogens with zero attached hydrogens (tertiary/aromatic N) is 1. The number of rotatable bonds is 4. The maximum Gasteiger partial charge on any atom is 0.416 e. The second-order valence-corrected chi connectivity index (χ2v) is 6.91. The Bertz CT molecular complexity index is 908. The Morgan fingerprint density at radius 1 is 1.07 bits per heavy atom. The van der Waals surface area contributed by atoms with Crippen molar-refractivity contribution < 1.29 is 18.0 Å². The van der Waals surface area contributed by atoms with Crippen LogP contribution < -0.4 is 21.1 Å². The number of hydrazine groups is 1. The standard InChI is InChI=1S/C17H15Cl2F3N4OS/c1-9(27)25-26(2)15-6-3-10(17(20,21)22)7-14(15)24-16(28)23-13-8-11(18)4-5-12(13)19/h3-8H,1-2H3,(H,25,27)(H2,23,24,28). The van der Waals surface area contributed by atoms with E-state index < -0.39 is 11.7 Å². The summed E-state index contributed by atoms with van der Waals surface area (Å²) < 4.78 is 39.3. The molecule has 5 nitrogen and oxygen atoms in total. The van der Waals surface area contributed by atoms with Crippen LogP contribution in [-0.2, 0) is 11.0 Å². The Morgan fingerprint density at radius 2 is 1.71 bits per heavy atom. The molecule has 2 aromatic rings. The fourth-order valence-electron chi connectivity index (χ4n) is 2.27. The Hall–Kier alpha value is -2.23. The molecule has 0 saturated carbocycles. The topological polar surface area (TPSA) is 56.4 Å². The van der Waals surface area contributed by atoms with Gasteiger partial charge < -0.3 is 10.6 Å². The van der Waals surface area contributed by atoms with Gasteiger partial charge in [0, 0.05) is 19.0 Å². The Labute approximate surface area is 174 Å². The summed E-state index contributed by atoms with van der Waals surface area (Å²) in [5.74, 6) is -0.389. The van der Waals surface area contributed by atoms with Gasteiger partial charge >= 0.3 is 6.18 Å². The average molecular weight is 451 g/mol. The molecule has 11 heteroatoms. The molecule has 0 radical (unpaired) electrons. The second-order valence-electron chi connectivity index (χ2n) is 5.66.